The molecule has 6 aromatic heterocycles. The van der Waals surface area contributed by atoms with Gasteiger partial charge >= 0.3 is 0 Å². The van der Waals surface area contributed by atoms with Crippen LogP contribution in [0.1, 0.15) is 48.9 Å². The number of carbonyl (C=O) groups is 1. The van der Waals surface area contributed by atoms with E-state index in [9.17, 15) is 23.0 Å². The Hall–Kier alpha value is -11.5. The number of nitriles is 1. The fourth-order valence-corrected chi connectivity index (χ4v) is 14.7. The van der Waals surface area contributed by atoms with Crippen molar-refractivity contribution in [3.63, 3.8) is 0 Å². The van der Waals surface area contributed by atoms with Gasteiger partial charge < -0.3 is 44.0 Å². The van der Waals surface area contributed by atoms with Crippen LogP contribution in [0, 0.1) is 34.8 Å². The number of rotatable bonds is 24. The second-order valence-electron chi connectivity index (χ2n) is 27.5. The highest BCUT2D eigenvalue weighted by atomic mass is 32.2. The Morgan fingerprint density at radius 2 is 0.981 bits per heavy atom. The van der Waals surface area contributed by atoms with Crippen LogP contribution in [0.3, 0.4) is 0 Å². The maximum Gasteiger partial charge on any atom is 0.251 e. The number of aryl methyl sites for hydroxylation is 3. The molecule has 3 fully saturated rings. The lowest BCUT2D eigenvalue weighted by atomic mass is 10.1. The molecule has 1 saturated carbocycles. The van der Waals surface area contributed by atoms with Gasteiger partial charge in [-0.05, 0) is 165 Å². The van der Waals surface area contributed by atoms with Crippen molar-refractivity contribution >= 4 is 88.5 Å². The predicted molar refractivity (Wildman–Crippen MR) is 417 cm³/mol. The average molecular weight is 1460 g/mol. The van der Waals surface area contributed by atoms with E-state index in [4.69, 9.17) is 29.2 Å². The zero-order valence-corrected chi connectivity index (χ0v) is 62.2. The molecule has 107 heavy (non-hydrogen) atoms. The van der Waals surface area contributed by atoms with Gasteiger partial charge in [-0.3, -0.25) is 38.0 Å². The first-order valence-electron chi connectivity index (χ1n) is 35.6. The second kappa shape index (κ2) is 32.9. The topological polar surface area (TPSA) is 245 Å². The number of benzene rings is 6. The Labute approximate surface area is 621 Å². The number of nitrogens with zero attached hydrogens (tertiary/aromatic N) is 18. The van der Waals surface area contributed by atoms with Crippen LogP contribution in [0.4, 0.5) is 42.9 Å². The van der Waals surface area contributed by atoms with E-state index >= 15 is 0 Å². The van der Waals surface area contributed by atoms with Gasteiger partial charge in [0.05, 0.1) is 121 Å². The summed E-state index contributed by atoms with van der Waals surface area (Å²) in [7, 11) is 9.98. The Morgan fingerprint density at radius 1 is 0.551 bits per heavy atom. The normalized spacial score (nSPS) is 15.6. The molecule has 2 aliphatic heterocycles. The number of anilines is 6. The first-order valence-corrected chi connectivity index (χ1v) is 37.8. The summed E-state index contributed by atoms with van der Waals surface area (Å²) in [4.78, 5) is 51.6. The quantitative estimate of drug-likeness (QED) is 0.0553. The highest BCUT2D eigenvalue weighted by molar-refractivity contribution is 8.00. The van der Waals surface area contributed by atoms with Crippen molar-refractivity contribution in [1.82, 2.24) is 74.4 Å². The summed E-state index contributed by atoms with van der Waals surface area (Å²) in [5, 5.41) is 24.6. The predicted octanol–water partition coefficient (Wildman–Crippen LogP) is 12.6. The molecule has 15 rings (SSSR count). The minimum Gasteiger partial charge on any atom is -0.497 e. The number of ether oxygens (including phenoxy) is 3. The minimum absolute atomic E-state index is 0.113. The maximum absolute atomic E-state index is 14.5. The summed E-state index contributed by atoms with van der Waals surface area (Å²) in [5.74, 6) is 5.37. The van der Waals surface area contributed by atoms with Crippen molar-refractivity contribution in [2.24, 2.45) is 33.0 Å². The highest BCUT2D eigenvalue weighted by Gasteiger charge is 2.29. The summed E-state index contributed by atoms with van der Waals surface area (Å²) in [6, 6.07) is 35.4. The van der Waals surface area contributed by atoms with Crippen molar-refractivity contribution in [3.8, 4) is 57.1 Å². The molecule has 24 nitrogen and oxygen atoms in total. The molecule has 12 aromatic rings. The van der Waals surface area contributed by atoms with E-state index in [2.05, 4.69) is 84.1 Å². The molecule has 1 N–H and O–H groups in total. The van der Waals surface area contributed by atoms with E-state index in [0.29, 0.717) is 35.2 Å². The second-order valence-corrected chi connectivity index (χ2v) is 30.3. The van der Waals surface area contributed by atoms with Crippen molar-refractivity contribution in [3.05, 3.63) is 182 Å². The molecule has 2 saturated heterocycles. The maximum atomic E-state index is 14.5. The van der Waals surface area contributed by atoms with Crippen molar-refractivity contribution < 1.29 is 32.0 Å². The van der Waals surface area contributed by atoms with Crippen LogP contribution in [-0.2, 0) is 30.7 Å². The van der Waals surface area contributed by atoms with Gasteiger partial charge in [0, 0.05) is 178 Å². The van der Waals surface area contributed by atoms with Crippen LogP contribution in [0.15, 0.2) is 165 Å². The molecule has 552 valence electrons. The first-order chi connectivity index (χ1) is 51.7. The number of methoxy groups -OCH3 is 3. The molecule has 0 radical (unpaired) electrons. The number of halogens is 2. The van der Waals surface area contributed by atoms with E-state index in [1.807, 2.05) is 106 Å². The molecule has 3 unspecified atom stereocenters. The van der Waals surface area contributed by atoms with E-state index < -0.39 is 15.3 Å². The van der Waals surface area contributed by atoms with E-state index in [0.717, 1.165) is 192 Å². The third kappa shape index (κ3) is 18.3. The largest absolute Gasteiger partial charge is 0.497 e. The summed E-state index contributed by atoms with van der Waals surface area (Å²) in [6.07, 6.45) is 24.0. The molecule has 0 bridgehead atoms. The number of likely N-dealkylation sites (tertiary alicyclic amines) is 2. The molecular formula is C80H87F2N19O5S. The number of fused-ring (bicyclic) bond motifs is 3. The minimum atomic E-state index is -2.02. The number of carbonyl (C=O) groups excluding carboxylic acids is 1. The number of amides is 1. The van der Waals surface area contributed by atoms with Gasteiger partial charge in [-0.1, -0.05) is 0 Å². The standard InChI is InChI=1S/C29H36N6O3S.C27H28FN7O.C24H23FN6O/c1-33-19-21(17-31-33)29-18-30-27-8-7-22(15-28(27)32-29)35(23-13-24(37-2)16-25(14-23)38-3)11-6-10-34-12-9-26(20-34)39(4,5)36;1-33-18-20(15-31-33)27-16-30-25-5-4-22(13-26(25)32-27)35(23-10-21(28)11-24(12-23)36-2)8-3-7-34-9-6-19(14-29)17-34;1-26-24(32)16-7-18(25)9-20(8-16)31(13-15-3-4-15)19-5-6-21-22(10-19)29-23(12-27-21)17-11-28-30(2)14-17/h7-8,13-19,26H,4,6,9-12,20H2,1-3,5H3;4-5,10-13,15-16,18-19H,3,6-9,17H2,1-2H3;5-12,14-15H,3-4,13H2,1-2H3,(H,26,32). The Bertz CT molecular complexity index is 5310. The number of aromatic nitrogens is 12. The number of nitrogens with one attached hydrogen (secondary N) is 1. The van der Waals surface area contributed by atoms with Crippen molar-refractivity contribution in [2.75, 3.05) is 108 Å². The van der Waals surface area contributed by atoms with Gasteiger partial charge in [-0.25, -0.2) is 23.7 Å². The summed E-state index contributed by atoms with van der Waals surface area (Å²) >= 11 is 0. The van der Waals surface area contributed by atoms with Gasteiger partial charge in [-0.2, -0.15) is 20.6 Å². The SMILES string of the molecule is C=S(C)(=O)C1CCN(CCCN(c2cc(OC)cc(OC)c2)c2ccc3ncc(-c4cnn(C)c4)nc3c2)C1.CNC(=O)c1cc(F)cc(N(CC2CC2)c2ccc3ncc(-c4cnn(C)c4)nc3c2)c1.COc1cc(F)cc(N(CCCN2CCC(C#N)C2)c2ccc3ncc(-c4cnn(C)c4)nc3c2)c1. The average Bonchev–Trinajstić information content (AvgIpc) is 1.48. The molecule has 1 amide bonds. The molecule has 8 heterocycles. The van der Waals surface area contributed by atoms with Crippen LogP contribution >= 0.6 is 0 Å². The molecule has 6 aromatic carbocycles. The molecular weight excluding hydrogens is 1380 g/mol. The zero-order chi connectivity index (χ0) is 74.9. The zero-order valence-electron chi connectivity index (χ0n) is 61.4. The highest BCUT2D eigenvalue weighted by Crippen LogP contribution is 2.39. The Balaban J connectivity index is 0.000000142. The lowest BCUT2D eigenvalue weighted by Crippen LogP contribution is -2.29. The fourth-order valence-electron chi connectivity index (χ4n) is 13.5. The van der Waals surface area contributed by atoms with Crippen LogP contribution < -0.4 is 34.2 Å². The van der Waals surface area contributed by atoms with E-state index in [1.165, 1.54) is 38.4 Å². The van der Waals surface area contributed by atoms with Crippen LogP contribution in [0.2, 0.25) is 0 Å². The van der Waals surface area contributed by atoms with Crippen molar-refractivity contribution in [1.29, 1.82) is 5.26 Å². The molecule has 1 aliphatic carbocycles. The lowest BCUT2D eigenvalue weighted by molar-refractivity contribution is 0.0962. The van der Waals surface area contributed by atoms with Gasteiger partial charge in [0.25, 0.3) is 5.91 Å². The summed E-state index contributed by atoms with van der Waals surface area (Å²) in [5.41, 5.74) is 15.1. The van der Waals surface area contributed by atoms with Gasteiger partial charge in [0.2, 0.25) is 0 Å². The Kier molecular flexibility index (Phi) is 22.7. The monoisotopic (exact) mass is 1460 g/mol. The first kappa shape index (κ1) is 73.8. The molecule has 3 atom stereocenters. The fraction of sp³-hybridized carbons (Fsp3) is 0.325. The van der Waals surface area contributed by atoms with Crippen LogP contribution in [0.25, 0.3) is 66.9 Å². The Morgan fingerprint density at radius 3 is 1.39 bits per heavy atom. The van der Waals surface area contributed by atoms with E-state index in [1.54, 1.807) is 77.8 Å². The smallest absolute Gasteiger partial charge is 0.251 e. The van der Waals surface area contributed by atoms with E-state index in [-0.39, 0.29) is 22.9 Å². The molecule has 0 spiro atoms. The number of hydrogen-bond donors (Lipinski definition) is 1. The number of hydrogen-bond acceptors (Lipinski definition) is 20. The lowest BCUT2D eigenvalue weighted by Gasteiger charge is -2.27. The van der Waals surface area contributed by atoms with Gasteiger partial charge in [0.1, 0.15) is 28.9 Å². The summed E-state index contributed by atoms with van der Waals surface area (Å²) < 4.78 is 63.0. The third-order valence-electron chi connectivity index (χ3n) is 19.5. The summed E-state index contributed by atoms with van der Waals surface area (Å²) in [6.45, 7) is 7.53. The molecule has 3 aliphatic rings. The van der Waals surface area contributed by atoms with Gasteiger partial charge in [-0.15, -0.1) is 0 Å². The third-order valence-corrected chi connectivity index (χ3v) is 21.3. The van der Waals surface area contributed by atoms with Crippen LogP contribution in [0.5, 0.6) is 17.2 Å². The van der Waals surface area contributed by atoms with Gasteiger partial charge in [0.15, 0.2) is 0 Å². The molecule has 27 heteroatoms. The van der Waals surface area contributed by atoms with Crippen molar-refractivity contribution in [2.45, 2.75) is 43.8 Å². The van der Waals surface area contributed by atoms with Crippen LogP contribution in [-0.4, -0.2) is 184 Å².